The predicted molar refractivity (Wildman–Crippen MR) is 105 cm³/mol. The first-order valence-electron chi connectivity index (χ1n) is 9.99. The van der Waals surface area contributed by atoms with Crippen molar-refractivity contribution in [3.63, 3.8) is 0 Å². The van der Waals surface area contributed by atoms with Crippen molar-refractivity contribution in [3.05, 3.63) is 11.7 Å². The van der Waals surface area contributed by atoms with Crippen LogP contribution in [0.4, 0.5) is 0 Å². The fourth-order valence-corrected chi connectivity index (χ4v) is 3.09. The Morgan fingerprint density at radius 1 is 1.31 bits per heavy atom. The Morgan fingerprint density at radius 2 is 2.12 bits per heavy atom. The monoisotopic (exact) mass is 364 g/mol. The molecule has 0 aromatic carbocycles. The molecule has 7 heteroatoms. The summed E-state index contributed by atoms with van der Waals surface area (Å²) in [5.41, 5.74) is -0.136. The molecule has 0 aliphatic carbocycles. The summed E-state index contributed by atoms with van der Waals surface area (Å²) in [4.78, 5) is 11.6. The Kier molecular flexibility index (Phi) is 7.87. The number of likely N-dealkylation sites (tertiary alicyclic amines) is 1. The van der Waals surface area contributed by atoms with E-state index in [1.807, 2.05) is 0 Å². The van der Waals surface area contributed by atoms with Gasteiger partial charge in [0.25, 0.3) is 0 Å². The van der Waals surface area contributed by atoms with Crippen molar-refractivity contribution in [2.24, 2.45) is 4.99 Å². The van der Waals surface area contributed by atoms with E-state index in [-0.39, 0.29) is 5.41 Å². The first-order chi connectivity index (χ1) is 12.4. The van der Waals surface area contributed by atoms with Crippen LogP contribution in [-0.4, -0.2) is 53.2 Å². The van der Waals surface area contributed by atoms with Gasteiger partial charge in [0, 0.05) is 31.1 Å². The van der Waals surface area contributed by atoms with Gasteiger partial charge in [-0.1, -0.05) is 32.3 Å². The van der Waals surface area contributed by atoms with Gasteiger partial charge in [-0.3, -0.25) is 0 Å². The lowest BCUT2D eigenvalue weighted by atomic mass is 9.97. The molecule has 2 heterocycles. The van der Waals surface area contributed by atoms with E-state index in [0.717, 1.165) is 38.1 Å². The normalized spacial score (nSPS) is 19.6. The summed E-state index contributed by atoms with van der Waals surface area (Å²) in [7, 11) is 0. The number of hydrogen-bond donors (Lipinski definition) is 2. The molecule has 1 aromatic heterocycles. The highest BCUT2D eigenvalue weighted by atomic mass is 16.5. The molecular weight excluding hydrogens is 328 g/mol. The van der Waals surface area contributed by atoms with Crippen molar-refractivity contribution < 1.29 is 4.52 Å². The molecule has 2 N–H and O–H groups in total. The maximum absolute atomic E-state index is 5.32. The van der Waals surface area contributed by atoms with Gasteiger partial charge in [0.05, 0.1) is 0 Å². The first kappa shape index (κ1) is 20.7. The third kappa shape index (κ3) is 6.59. The maximum Gasteiger partial charge on any atom is 0.232 e. The molecule has 0 saturated carbocycles. The van der Waals surface area contributed by atoms with Gasteiger partial charge in [-0.25, -0.2) is 4.99 Å². The van der Waals surface area contributed by atoms with Crippen LogP contribution in [0.1, 0.15) is 72.0 Å². The summed E-state index contributed by atoms with van der Waals surface area (Å²) in [6.07, 6.45) is 5.16. The van der Waals surface area contributed by atoms with E-state index < -0.39 is 0 Å². The van der Waals surface area contributed by atoms with Crippen LogP contribution in [0, 0.1) is 0 Å². The maximum atomic E-state index is 5.32. The molecule has 7 nitrogen and oxygen atoms in total. The third-order valence-electron chi connectivity index (χ3n) is 4.69. The van der Waals surface area contributed by atoms with Crippen molar-refractivity contribution in [1.82, 2.24) is 25.7 Å². The Bertz CT molecular complexity index is 563. The quantitative estimate of drug-likeness (QED) is 0.440. The van der Waals surface area contributed by atoms with Crippen molar-refractivity contribution in [1.29, 1.82) is 0 Å². The van der Waals surface area contributed by atoms with Gasteiger partial charge < -0.3 is 20.1 Å². The lowest BCUT2D eigenvalue weighted by Crippen LogP contribution is -2.41. The van der Waals surface area contributed by atoms with Crippen molar-refractivity contribution in [3.8, 4) is 0 Å². The van der Waals surface area contributed by atoms with E-state index in [9.17, 15) is 0 Å². The highest BCUT2D eigenvalue weighted by molar-refractivity contribution is 5.79. The molecule has 1 aliphatic heterocycles. The van der Waals surface area contributed by atoms with E-state index in [1.54, 1.807) is 0 Å². The minimum Gasteiger partial charge on any atom is -0.357 e. The number of guanidine groups is 1. The van der Waals surface area contributed by atoms with Crippen LogP contribution in [0.15, 0.2) is 9.52 Å². The van der Waals surface area contributed by atoms with Crippen molar-refractivity contribution in [2.75, 3.05) is 26.2 Å². The third-order valence-corrected chi connectivity index (χ3v) is 4.69. The van der Waals surface area contributed by atoms with Gasteiger partial charge in [-0.05, 0) is 39.7 Å². The van der Waals surface area contributed by atoms with E-state index >= 15 is 0 Å². The van der Waals surface area contributed by atoms with Gasteiger partial charge in [-0.2, -0.15) is 4.98 Å². The average Bonchev–Trinajstić information content (AvgIpc) is 3.07. The molecule has 1 aromatic rings. The molecule has 26 heavy (non-hydrogen) atoms. The molecule has 1 saturated heterocycles. The van der Waals surface area contributed by atoms with Crippen LogP contribution >= 0.6 is 0 Å². The number of aliphatic imine (C=N–C) groups is 1. The Hall–Kier alpha value is -1.63. The summed E-state index contributed by atoms with van der Waals surface area (Å²) in [5.74, 6) is 2.08. The summed E-state index contributed by atoms with van der Waals surface area (Å²) in [6, 6.07) is 0.723. The number of nitrogens with one attached hydrogen (secondary N) is 2. The summed E-state index contributed by atoms with van der Waals surface area (Å²) < 4.78 is 5.32. The zero-order valence-electron chi connectivity index (χ0n) is 17.1. The number of aromatic nitrogens is 2. The van der Waals surface area contributed by atoms with Crippen LogP contribution < -0.4 is 10.6 Å². The van der Waals surface area contributed by atoms with E-state index in [4.69, 9.17) is 4.52 Å². The first-order valence-corrected chi connectivity index (χ1v) is 9.99. The van der Waals surface area contributed by atoms with Crippen LogP contribution in [0.25, 0.3) is 0 Å². The van der Waals surface area contributed by atoms with E-state index in [1.165, 1.54) is 25.8 Å². The van der Waals surface area contributed by atoms with Gasteiger partial charge in [0.15, 0.2) is 11.8 Å². The SMILES string of the molecule is CCNC(=NCc1noc(C(C)(C)C)n1)NCCCN1CCCCC1C. The number of hydrogen-bond acceptors (Lipinski definition) is 5. The molecule has 2 rings (SSSR count). The van der Waals surface area contributed by atoms with Crippen molar-refractivity contribution in [2.45, 2.75) is 78.3 Å². The zero-order chi connectivity index (χ0) is 19.0. The molecule has 1 unspecified atom stereocenters. The molecule has 0 spiro atoms. The van der Waals surface area contributed by atoms with Crippen LogP contribution in [-0.2, 0) is 12.0 Å². The molecular formula is C19H36N6O. The summed E-state index contributed by atoms with van der Waals surface area (Å²) in [5, 5.41) is 10.7. The highest BCUT2D eigenvalue weighted by Crippen LogP contribution is 2.19. The number of piperidine rings is 1. The lowest BCUT2D eigenvalue weighted by Gasteiger charge is -2.33. The average molecular weight is 365 g/mol. The minimum absolute atomic E-state index is 0.136. The highest BCUT2D eigenvalue weighted by Gasteiger charge is 2.21. The van der Waals surface area contributed by atoms with Crippen LogP contribution in [0.3, 0.4) is 0 Å². The van der Waals surface area contributed by atoms with E-state index in [2.05, 4.69) is 65.3 Å². The Balaban J connectivity index is 1.78. The molecule has 148 valence electrons. The van der Waals surface area contributed by atoms with Gasteiger partial charge in [-0.15, -0.1) is 0 Å². The second-order valence-corrected chi connectivity index (χ2v) is 8.12. The van der Waals surface area contributed by atoms with Gasteiger partial charge >= 0.3 is 0 Å². The van der Waals surface area contributed by atoms with Crippen molar-refractivity contribution >= 4 is 5.96 Å². The lowest BCUT2D eigenvalue weighted by molar-refractivity contribution is 0.159. The van der Waals surface area contributed by atoms with Gasteiger partial charge in [0.2, 0.25) is 5.89 Å². The Morgan fingerprint density at radius 3 is 2.77 bits per heavy atom. The molecule has 1 aliphatic rings. The molecule has 0 radical (unpaired) electrons. The topological polar surface area (TPSA) is 78.6 Å². The molecule has 0 amide bonds. The summed E-state index contributed by atoms with van der Waals surface area (Å²) >= 11 is 0. The largest absolute Gasteiger partial charge is 0.357 e. The summed E-state index contributed by atoms with van der Waals surface area (Å²) in [6.45, 7) is 15.1. The second-order valence-electron chi connectivity index (χ2n) is 8.12. The Labute approximate surface area is 158 Å². The minimum atomic E-state index is -0.136. The van der Waals surface area contributed by atoms with E-state index in [0.29, 0.717) is 18.3 Å². The molecule has 1 fully saturated rings. The standard InChI is InChI=1S/C19H36N6O/c1-6-20-18(21-11-9-13-25-12-8-7-10-15(25)2)22-14-16-23-17(26-24-16)19(3,4)5/h15H,6-14H2,1-5H3,(H2,20,21,22). The van der Waals surface area contributed by atoms with Crippen LogP contribution in [0.2, 0.25) is 0 Å². The zero-order valence-corrected chi connectivity index (χ0v) is 17.1. The van der Waals surface area contributed by atoms with Crippen LogP contribution in [0.5, 0.6) is 0 Å². The number of rotatable bonds is 7. The second kappa shape index (κ2) is 9.90. The fourth-order valence-electron chi connectivity index (χ4n) is 3.09. The molecule has 1 atom stereocenters. The molecule has 0 bridgehead atoms. The number of nitrogens with zero attached hydrogens (tertiary/aromatic N) is 4. The van der Waals surface area contributed by atoms with Gasteiger partial charge in [0.1, 0.15) is 6.54 Å². The predicted octanol–water partition coefficient (Wildman–Crippen LogP) is 2.69. The fraction of sp³-hybridized carbons (Fsp3) is 0.842. The smallest absolute Gasteiger partial charge is 0.232 e.